The van der Waals surface area contributed by atoms with E-state index in [1.54, 1.807) is 19.4 Å². The van der Waals surface area contributed by atoms with Gasteiger partial charge in [-0.25, -0.2) is 4.98 Å². The van der Waals surface area contributed by atoms with Crippen molar-refractivity contribution < 1.29 is 9.84 Å². The van der Waals surface area contributed by atoms with Crippen molar-refractivity contribution in [3.8, 4) is 11.5 Å². The van der Waals surface area contributed by atoms with Crippen LogP contribution < -0.4 is 10.1 Å². The molecule has 20 heavy (non-hydrogen) atoms. The summed E-state index contributed by atoms with van der Waals surface area (Å²) in [7, 11) is 1.56. The van der Waals surface area contributed by atoms with Crippen molar-refractivity contribution in [2.45, 2.75) is 25.9 Å². The Morgan fingerprint density at radius 1 is 1.35 bits per heavy atom. The topological polar surface area (TPSA) is 59.3 Å². The van der Waals surface area contributed by atoms with E-state index in [2.05, 4.69) is 14.9 Å². The van der Waals surface area contributed by atoms with Gasteiger partial charge in [0, 0.05) is 31.0 Å². The van der Waals surface area contributed by atoms with Crippen LogP contribution in [0.4, 0.5) is 0 Å². The van der Waals surface area contributed by atoms with Crippen LogP contribution in [0.2, 0.25) is 0 Å². The second-order valence-electron chi connectivity index (χ2n) is 4.65. The number of para-hydroxylation sites is 1. The third-order valence-corrected chi connectivity index (χ3v) is 3.20. The highest BCUT2D eigenvalue weighted by Crippen LogP contribution is 2.28. The number of hydrogen-bond acceptors (Lipinski definition) is 4. The van der Waals surface area contributed by atoms with Gasteiger partial charge in [0.25, 0.3) is 0 Å². The van der Waals surface area contributed by atoms with Crippen LogP contribution in [0.1, 0.15) is 18.4 Å². The van der Waals surface area contributed by atoms with Crippen LogP contribution in [-0.2, 0) is 13.1 Å². The first-order valence-corrected chi connectivity index (χ1v) is 6.82. The maximum Gasteiger partial charge on any atom is 0.162 e. The van der Waals surface area contributed by atoms with Gasteiger partial charge in [-0.3, -0.25) is 0 Å². The molecule has 0 fully saturated rings. The third kappa shape index (κ3) is 3.99. The Labute approximate surface area is 119 Å². The molecule has 108 valence electrons. The number of nitrogens with zero attached hydrogens (tertiary/aromatic N) is 2. The minimum atomic E-state index is 0.223. The van der Waals surface area contributed by atoms with E-state index in [4.69, 9.17) is 4.74 Å². The number of phenols is 1. The Morgan fingerprint density at radius 2 is 2.25 bits per heavy atom. The minimum absolute atomic E-state index is 0.223. The molecule has 2 aromatic rings. The zero-order valence-corrected chi connectivity index (χ0v) is 11.7. The molecule has 5 nitrogen and oxygen atoms in total. The van der Waals surface area contributed by atoms with E-state index in [0.29, 0.717) is 12.3 Å². The van der Waals surface area contributed by atoms with Crippen molar-refractivity contribution >= 4 is 0 Å². The maximum absolute atomic E-state index is 9.94. The zero-order chi connectivity index (χ0) is 14.2. The number of hydrogen-bond donors (Lipinski definition) is 2. The van der Waals surface area contributed by atoms with Crippen molar-refractivity contribution in [1.82, 2.24) is 14.9 Å². The quantitative estimate of drug-likeness (QED) is 0.725. The van der Waals surface area contributed by atoms with Crippen molar-refractivity contribution in [1.29, 1.82) is 0 Å². The van der Waals surface area contributed by atoms with E-state index < -0.39 is 0 Å². The first-order valence-electron chi connectivity index (χ1n) is 6.82. The van der Waals surface area contributed by atoms with Gasteiger partial charge in [0.2, 0.25) is 0 Å². The summed E-state index contributed by atoms with van der Waals surface area (Å²) in [5.74, 6) is 0.741. The fourth-order valence-corrected chi connectivity index (χ4v) is 2.06. The van der Waals surface area contributed by atoms with Gasteiger partial charge in [-0.1, -0.05) is 12.1 Å². The molecule has 0 bridgehead atoms. The van der Waals surface area contributed by atoms with E-state index in [0.717, 1.165) is 31.5 Å². The molecule has 5 heteroatoms. The highest BCUT2D eigenvalue weighted by atomic mass is 16.5. The normalized spacial score (nSPS) is 10.7. The Hall–Kier alpha value is -2.01. The number of aromatic hydroxyl groups is 1. The van der Waals surface area contributed by atoms with Gasteiger partial charge in [0.15, 0.2) is 11.5 Å². The van der Waals surface area contributed by atoms with Gasteiger partial charge < -0.3 is 19.7 Å². The summed E-state index contributed by atoms with van der Waals surface area (Å²) in [6.07, 6.45) is 7.80. The van der Waals surface area contributed by atoms with Crippen LogP contribution in [0.15, 0.2) is 36.9 Å². The van der Waals surface area contributed by atoms with Crippen molar-refractivity contribution in [3.05, 3.63) is 42.5 Å². The molecule has 0 atom stereocenters. The number of aryl methyl sites for hydroxylation is 1. The summed E-state index contributed by atoms with van der Waals surface area (Å²) in [6.45, 7) is 2.56. The number of benzene rings is 1. The fraction of sp³-hybridized carbons (Fsp3) is 0.400. The molecule has 0 aliphatic carbocycles. The van der Waals surface area contributed by atoms with Gasteiger partial charge >= 0.3 is 0 Å². The summed E-state index contributed by atoms with van der Waals surface area (Å²) in [6, 6.07) is 5.54. The van der Waals surface area contributed by atoms with E-state index in [-0.39, 0.29) is 5.75 Å². The monoisotopic (exact) mass is 275 g/mol. The lowest BCUT2D eigenvalue weighted by atomic mass is 10.2. The number of nitrogens with one attached hydrogen (secondary N) is 1. The second-order valence-corrected chi connectivity index (χ2v) is 4.65. The average Bonchev–Trinajstić information content (AvgIpc) is 2.97. The van der Waals surface area contributed by atoms with E-state index in [1.807, 2.05) is 24.7 Å². The standard InChI is InChI=1S/C15H21N3O2/c1-20-14-6-4-5-13(15(14)19)11-16-7-2-3-9-18-10-8-17-12-18/h4-6,8,10,12,16,19H,2-3,7,9,11H2,1H3. The SMILES string of the molecule is COc1cccc(CNCCCCn2ccnc2)c1O. The van der Waals surface area contributed by atoms with Crippen LogP contribution in [-0.4, -0.2) is 28.3 Å². The first-order chi connectivity index (χ1) is 9.81. The van der Waals surface area contributed by atoms with Crippen molar-refractivity contribution in [3.63, 3.8) is 0 Å². The Morgan fingerprint density at radius 3 is 3.00 bits per heavy atom. The van der Waals surface area contributed by atoms with Gasteiger partial charge in [-0.15, -0.1) is 0 Å². The highest BCUT2D eigenvalue weighted by Gasteiger charge is 2.06. The van der Waals surface area contributed by atoms with Crippen LogP contribution in [0, 0.1) is 0 Å². The zero-order valence-electron chi connectivity index (χ0n) is 11.7. The number of unbranched alkanes of at least 4 members (excludes halogenated alkanes) is 1. The van der Waals surface area contributed by atoms with Gasteiger partial charge in [-0.05, 0) is 25.5 Å². The van der Waals surface area contributed by atoms with Crippen molar-refractivity contribution in [2.24, 2.45) is 0 Å². The minimum Gasteiger partial charge on any atom is -0.504 e. The lowest BCUT2D eigenvalue weighted by Crippen LogP contribution is -2.15. The van der Waals surface area contributed by atoms with E-state index in [1.165, 1.54) is 0 Å². The molecule has 0 spiro atoms. The number of imidazole rings is 1. The predicted molar refractivity (Wildman–Crippen MR) is 77.8 cm³/mol. The molecule has 1 heterocycles. The number of aromatic nitrogens is 2. The Bertz CT molecular complexity index is 512. The maximum atomic E-state index is 9.94. The molecule has 1 aromatic heterocycles. The molecule has 2 N–H and O–H groups in total. The molecule has 2 rings (SSSR count). The number of ether oxygens (including phenoxy) is 1. The fourth-order valence-electron chi connectivity index (χ4n) is 2.06. The lowest BCUT2D eigenvalue weighted by molar-refractivity contribution is 0.369. The summed E-state index contributed by atoms with van der Waals surface area (Å²) < 4.78 is 7.16. The summed E-state index contributed by atoms with van der Waals surface area (Å²) in [5, 5.41) is 13.3. The van der Waals surface area contributed by atoms with Gasteiger partial charge in [0.05, 0.1) is 13.4 Å². The van der Waals surface area contributed by atoms with Crippen LogP contribution >= 0.6 is 0 Å². The summed E-state index contributed by atoms with van der Waals surface area (Å²) in [5.41, 5.74) is 0.860. The smallest absolute Gasteiger partial charge is 0.162 e. The average molecular weight is 275 g/mol. The predicted octanol–water partition coefficient (Wildman–Crippen LogP) is 2.17. The molecule has 0 aliphatic rings. The Balaban J connectivity index is 1.66. The molecular formula is C15H21N3O2. The molecule has 0 saturated carbocycles. The molecular weight excluding hydrogens is 254 g/mol. The summed E-state index contributed by atoms with van der Waals surface area (Å²) >= 11 is 0. The van der Waals surface area contributed by atoms with E-state index >= 15 is 0 Å². The van der Waals surface area contributed by atoms with Gasteiger partial charge in [0.1, 0.15) is 0 Å². The van der Waals surface area contributed by atoms with Crippen LogP contribution in [0.3, 0.4) is 0 Å². The number of rotatable bonds is 8. The molecule has 0 saturated heterocycles. The molecule has 0 aliphatic heterocycles. The highest BCUT2D eigenvalue weighted by molar-refractivity contribution is 5.45. The molecule has 0 unspecified atom stereocenters. The molecule has 0 radical (unpaired) electrons. The molecule has 1 aromatic carbocycles. The van der Waals surface area contributed by atoms with Gasteiger partial charge in [-0.2, -0.15) is 0 Å². The number of phenolic OH excluding ortho intramolecular Hbond substituents is 1. The van der Waals surface area contributed by atoms with Crippen molar-refractivity contribution in [2.75, 3.05) is 13.7 Å². The second kappa shape index (κ2) is 7.55. The van der Waals surface area contributed by atoms with Crippen LogP contribution in [0.25, 0.3) is 0 Å². The lowest BCUT2D eigenvalue weighted by Gasteiger charge is -2.09. The number of methoxy groups -OCH3 is 1. The van der Waals surface area contributed by atoms with Crippen LogP contribution in [0.5, 0.6) is 11.5 Å². The summed E-state index contributed by atoms with van der Waals surface area (Å²) in [4.78, 5) is 4.01. The third-order valence-electron chi connectivity index (χ3n) is 3.20. The largest absolute Gasteiger partial charge is 0.504 e. The first kappa shape index (κ1) is 14.4. The Kier molecular flexibility index (Phi) is 5.43. The molecule has 0 amide bonds. The van der Waals surface area contributed by atoms with E-state index in [9.17, 15) is 5.11 Å².